The molecular weight excluding hydrogens is 306 g/mol. The lowest BCUT2D eigenvalue weighted by Gasteiger charge is -2.11. The van der Waals surface area contributed by atoms with Gasteiger partial charge in [-0.05, 0) is 30.9 Å². The number of hydrogen-bond donors (Lipinski definition) is 2. The summed E-state index contributed by atoms with van der Waals surface area (Å²) in [5.41, 5.74) is 5.67. The van der Waals surface area contributed by atoms with Crippen LogP contribution in [0.25, 0.3) is 0 Å². The first kappa shape index (κ1) is 16.3. The highest BCUT2D eigenvalue weighted by Gasteiger charge is 2.20. The van der Waals surface area contributed by atoms with Gasteiger partial charge in [-0.15, -0.1) is 0 Å². The zero-order valence-corrected chi connectivity index (χ0v) is 13.5. The molecule has 0 aliphatic heterocycles. The van der Waals surface area contributed by atoms with Crippen LogP contribution in [-0.4, -0.2) is 24.9 Å². The van der Waals surface area contributed by atoms with E-state index in [1.165, 1.54) is 37.9 Å². The first-order chi connectivity index (χ1) is 10.0. The van der Waals surface area contributed by atoms with Gasteiger partial charge in [0.25, 0.3) is 0 Å². The van der Waals surface area contributed by atoms with E-state index < -0.39 is 10.0 Å². The predicted octanol–water partition coefficient (Wildman–Crippen LogP) is 1.96. The fourth-order valence-electron chi connectivity index (χ4n) is 2.77. The van der Waals surface area contributed by atoms with E-state index in [0.717, 1.165) is 18.8 Å². The number of sulfonamides is 1. The minimum Gasteiger partial charge on any atom is -0.388 e. The van der Waals surface area contributed by atoms with Crippen LogP contribution in [0.3, 0.4) is 0 Å². The SMILES string of the molecule is NC(=S)c1ncccc1S(=O)(=O)NCCCC1CCCC1. The van der Waals surface area contributed by atoms with Crippen LogP contribution < -0.4 is 10.5 Å². The van der Waals surface area contributed by atoms with Gasteiger partial charge in [0.05, 0.1) is 0 Å². The molecule has 0 aromatic carbocycles. The van der Waals surface area contributed by atoms with Crippen LogP contribution in [-0.2, 0) is 10.0 Å². The first-order valence-electron chi connectivity index (χ1n) is 7.25. The summed E-state index contributed by atoms with van der Waals surface area (Å²) in [6.45, 7) is 0.435. The minimum absolute atomic E-state index is 0.0121. The second kappa shape index (κ2) is 7.29. The third kappa shape index (κ3) is 4.46. The lowest BCUT2D eigenvalue weighted by molar-refractivity contribution is 0.480. The summed E-state index contributed by atoms with van der Waals surface area (Å²) in [5.74, 6) is 0.764. The molecule has 1 aromatic heterocycles. The van der Waals surface area contributed by atoms with Crippen LogP contribution >= 0.6 is 12.2 Å². The molecular formula is C14H21N3O2S2. The molecule has 2 rings (SSSR count). The molecule has 1 aliphatic rings. The summed E-state index contributed by atoms with van der Waals surface area (Å²) >= 11 is 4.85. The maximum absolute atomic E-state index is 12.3. The number of pyridine rings is 1. The highest BCUT2D eigenvalue weighted by Crippen LogP contribution is 2.28. The van der Waals surface area contributed by atoms with Crippen molar-refractivity contribution in [1.29, 1.82) is 0 Å². The summed E-state index contributed by atoms with van der Waals surface area (Å²) in [7, 11) is -3.61. The van der Waals surface area contributed by atoms with Crippen molar-refractivity contribution in [2.45, 2.75) is 43.4 Å². The standard InChI is InChI=1S/C14H21N3O2S2/c15-14(20)13-12(8-4-9-16-13)21(18,19)17-10-3-7-11-5-1-2-6-11/h4,8-9,11,17H,1-3,5-7,10H2,(H2,15,20). The largest absolute Gasteiger partial charge is 0.388 e. The smallest absolute Gasteiger partial charge is 0.242 e. The van der Waals surface area contributed by atoms with Crippen molar-refractivity contribution in [3.05, 3.63) is 24.0 Å². The van der Waals surface area contributed by atoms with Gasteiger partial charge < -0.3 is 5.73 Å². The molecule has 0 spiro atoms. The molecule has 0 saturated heterocycles. The number of nitrogens with zero attached hydrogens (tertiary/aromatic N) is 1. The molecule has 1 heterocycles. The second-order valence-corrected chi connectivity index (χ2v) is 7.58. The van der Waals surface area contributed by atoms with Gasteiger partial charge in [0.1, 0.15) is 15.6 Å². The highest BCUT2D eigenvalue weighted by molar-refractivity contribution is 7.89. The van der Waals surface area contributed by atoms with Crippen LogP contribution in [0.2, 0.25) is 0 Å². The van der Waals surface area contributed by atoms with E-state index in [4.69, 9.17) is 18.0 Å². The van der Waals surface area contributed by atoms with Crippen LogP contribution in [0.5, 0.6) is 0 Å². The van der Waals surface area contributed by atoms with Crippen molar-refractivity contribution in [3.63, 3.8) is 0 Å². The Morgan fingerprint density at radius 3 is 2.81 bits per heavy atom. The first-order valence-corrected chi connectivity index (χ1v) is 9.14. The van der Waals surface area contributed by atoms with Gasteiger partial charge in [0, 0.05) is 12.7 Å². The molecule has 116 valence electrons. The number of aromatic nitrogens is 1. The molecule has 0 radical (unpaired) electrons. The molecule has 0 amide bonds. The minimum atomic E-state index is -3.61. The third-order valence-electron chi connectivity index (χ3n) is 3.85. The van der Waals surface area contributed by atoms with E-state index in [1.807, 2.05) is 0 Å². The Hall–Kier alpha value is -1.05. The van der Waals surface area contributed by atoms with Gasteiger partial charge in [-0.3, -0.25) is 4.98 Å². The lowest BCUT2D eigenvalue weighted by atomic mass is 10.0. The van der Waals surface area contributed by atoms with Crippen LogP contribution in [0.15, 0.2) is 23.2 Å². The molecule has 0 unspecified atom stereocenters. The molecule has 5 nitrogen and oxygen atoms in total. The molecule has 7 heteroatoms. The van der Waals surface area contributed by atoms with Gasteiger partial charge in [-0.1, -0.05) is 37.9 Å². The summed E-state index contributed by atoms with van der Waals surface area (Å²) in [6.07, 6.45) is 8.59. The Balaban J connectivity index is 1.93. The fourth-order valence-corrected chi connectivity index (χ4v) is 4.24. The molecule has 0 bridgehead atoms. The van der Waals surface area contributed by atoms with Crippen molar-refractivity contribution in [2.75, 3.05) is 6.54 Å². The second-order valence-electron chi connectivity index (χ2n) is 5.40. The average molecular weight is 327 g/mol. The third-order valence-corrected chi connectivity index (χ3v) is 5.54. The van der Waals surface area contributed by atoms with Crippen molar-refractivity contribution >= 4 is 27.2 Å². The summed E-state index contributed by atoms with van der Waals surface area (Å²) < 4.78 is 27.2. The Kier molecular flexibility index (Phi) is 5.66. The predicted molar refractivity (Wildman–Crippen MR) is 86.5 cm³/mol. The number of nitrogens with two attached hydrogens (primary N) is 1. The van der Waals surface area contributed by atoms with Crippen molar-refractivity contribution < 1.29 is 8.42 Å². The molecule has 0 atom stereocenters. The van der Waals surface area contributed by atoms with Crippen LogP contribution in [0.4, 0.5) is 0 Å². The van der Waals surface area contributed by atoms with E-state index in [2.05, 4.69) is 9.71 Å². The number of hydrogen-bond acceptors (Lipinski definition) is 4. The van der Waals surface area contributed by atoms with E-state index in [9.17, 15) is 8.42 Å². The number of rotatable bonds is 7. The van der Waals surface area contributed by atoms with Crippen LogP contribution in [0, 0.1) is 5.92 Å². The van der Waals surface area contributed by atoms with Crippen LogP contribution in [0.1, 0.15) is 44.2 Å². The van der Waals surface area contributed by atoms with Crippen molar-refractivity contribution in [3.8, 4) is 0 Å². The van der Waals surface area contributed by atoms with Crippen molar-refractivity contribution in [1.82, 2.24) is 9.71 Å². The van der Waals surface area contributed by atoms with Gasteiger partial charge in [0.15, 0.2) is 0 Å². The van der Waals surface area contributed by atoms with E-state index in [0.29, 0.717) is 6.54 Å². The monoisotopic (exact) mass is 327 g/mol. The Morgan fingerprint density at radius 2 is 2.14 bits per heavy atom. The maximum atomic E-state index is 12.3. The summed E-state index contributed by atoms with van der Waals surface area (Å²) in [5, 5.41) is 0. The highest BCUT2D eigenvalue weighted by atomic mass is 32.2. The molecule has 1 saturated carbocycles. The van der Waals surface area contributed by atoms with Gasteiger partial charge >= 0.3 is 0 Å². The van der Waals surface area contributed by atoms with E-state index in [1.54, 1.807) is 6.07 Å². The molecule has 3 N–H and O–H groups in total. The summed E-state index contributed by atoms with van der Waals surface area (Å²) in [4.78, 5) is 3.99. The van der Waals surface area contributed by atoms with Gasteiger partial charge in [0.2, 0.25) is 10.0 Å². The Bertz CT molecular complexity index is 596. The topological polar surface area (TPSA) is 85.1 Å². The van der Waals surface area contributed by atoms with E-state index in [-0.39, 0.29) is 15.6 Å². The molecule has 1 aromatic rings. The van der Waals surface area contributed by atoms with Gasteiger partial charge in [-0.25, -0.2) is 13.1 Å². The van der Waals surface area contributed by atoms with E-state index >= 15 is 0 Å². The van der Waals surface area contributed by atoms with Crippen molar-refractivity contribution in [2.24, 2.45) is 11.7 Å². The average Bonchev–Trinajstić information content (AvgIpc) is 2.97. The van der Waals surface area contributed by atoms with Gasteiger partial charge in [-0.2, -0.15) is 0 Å². The number of thiocarbonyl (C=S) groups is 1. The zero-order chi connectivity index (χ0) is 15.3. The Labute approximate surface area is 131 Å². The molecule has 1 aliphatic carbocycles. The summed E-state index contributed by atoms with van der Waals surface area (Å²) in [6, 6.07) is 3.04. The molecule has 21 heavy (non-hydrogen) atoms. The lowest BCUT2D eigenvalue weighted by Crippen LogP contribution is -2.28. The normalized spacial score (nSPS) is 16.2. The quantitative estimate of drug-likeness (QED) is 0.591. The molecule has 1 fully saturated rings. The fraction of sp³-hybridized carbons (Fsp3) is 0.571. The zero-order valence-electron chi connectivity index (χ0n) is 11.9. The number of nitrogens with one attached hydrogen (secondary N) is 1. The Morgan fingerprint density at radius 1 is 1.43 bits per heavy atom. The maximum Gasteiger partial charge on any atom is 0.242 e.